The molecule has 0 radical (unpaired) electrons. The van der Waals surface area contributed by atoms with Gasteiger partial charge in [0, 0.05) is 14.1 Å². The summed E-state index contributed by atoms with van der Waals surface area (Å²) in [5.41, 5.74) is 0.950. The Kier molecular flexibility index (Phi) is 4.48. The number of aryl methyl sites for hydroxylation is 1. The minimum absolute atomic E-state index is 0.0477. The van der Waals surface area contributed by atoms with Crippen molar-refractivity contribution < 1.29 is 17.4 Å². The lowest BCUT2D eigenvalue weighted by Gasteiger charge is -2.17. The molecule has 0 spiro atoms. The predicted molar refractivity (Wildman–Crippen MR) is 67.6 cm³/mol. The normalized spacial score (nSPS) is 13.1. The van der Waals surface area contributed by atoms with E-state index in [1.165, 1.54) is 24.0 Å². The van der Waals surface area contributed by atoms with E-state index in [1.54, 1.807) is 26.2 Å². The summed E-state index contributed by atoms with van der Waals surface area (Å²) < 4.78 is 28.6. The summed E-state index contributed by atoms with van der Waals surface area (Å²) in [6, 6.07) is 6.26. The number of likely N-dealkylation sites (N-methyl/N-ethyl adjacent to an activating group) is 1. The van der Waals surface area contributed by atoms with Crippen LogP contribution in [0.2, 0.25) is 0 Å². The predicted octanol–water partition coefficient (Wildman–Crippen LogP) is 1.18. The fourth-order valence-corrected chi connectivity index (χ4v) is 2.40. The van der Waals surface area contributed by atoms with Crippen LogP contribution < -0.4 is 0 Å². The Labute approximate surface area is 107 Å². The lowest BCUT2D eigenvalue weighted by Crippen LogP contribution is -2.34. The van der Waals surface area contributed by atoms with E-state index in [0.29, 0.717) is 0 Å². The van der Waals surface area contributed by atoms with E-state index < -0.39 is 22.1 Å². The molecule has 100 valence electrons. The number of hydrogen-bond acceptors (Lipinski definition) is 4. The molecule has 0 unspecified atom stereocenters. The van der Waals surface area contributed by atoms with Gasteiger partial charge in [0.1, 0.15) is 0 Å². The first-order chi connectivity index (χ1) is 8.24. The van der Waals surface area contributed by atoms with Gasteiger partial charge in [-0.15, -0.1) is 0 Å². The Morgan fingerprint density at radius 1 is 1.22 bits per heavy atom. The van der Waals surface area contributed by atoms with Crippen LogP contribution in [0.3, 0.4) is 0 Å². The van der Waals surface area contributed by atoms with E-state index in [1.807, 2.05) is 6.92 Å². The molecule has 0 fully saturated rings. The lowest BCUT2D eigenvalue weighted by atomic mass is 10.2. The summed E-state index contributed by atoms with van der Waals surface area (Å²) in [5, 5.41) is 0. The van der Waals surface area contributed by atoms with Crippen LogP contribution in [0.1, 0.15) is 12.5 Å². The number of nitrogens with zero attached hydrogens (tertiary/aromatic N) is 1. The molecule has 0 aliphatic rings. The zero-order valence-electron chi connectivity index (χ0n) is 10.9. The molecular formula is C12H17NO4S. The van der Waals surface area contributed by atoms with Crippen molar-refractivity contribution in [3.05, 3.63) is 29.8 Å². The van der Waals surface area contributed by atoms with Crippen molar-refractivity contribution in [2.75, 3.05) is 14.1 Å². The van der Waals surface area contributed by atoms with Crippen LogP contribution >= 0.6 is 0 Å². The van der Waals surface area contributed by atoms with Crippen LogP contribution in [-0.2, 0) is 19.1 Å². The minimum Gasteiger partial charge on any atom is -0.347 e. The molecule has 5 nitrogen and oxygen atoms in total. The average molecular weight is 271 g/mol. The Hall–Kier alpha value is -1.40. The van der Waals surface area contributed by atoms with E-state index in [0.717, 1.165) is 5.56 Å². The molecule has 18 heavy (non-hydrogen) atoms. The van der Waals surface area contributed by atoms with Gasteiger partial charge in [-0.2, -0.15) is 8.42 Å². The third kappa shape index (κ3) is 3.54. The van der Waals surface area contributed by atoms with Gasteiger partial charge in [-0.1, -0.05) is 17.7 Å². The van der Waals surface area contributed by atoms with Crippen LogP contribution in [0.15, 0.2) is 29.2 Å². The lowest BCUT2D eigenvalue weighted by molar-refractivity contribution is -0.135. The third-order valence-electron chi connectivity index (χ3n) is 2.37. The van der Waals surface area contributed by atoms with E-state index in [9.17, 15) is 13.2 Å². The van der Waals surface area contributed by atoms with Crippen molar-refractivity contribution in [3.8, 4) is 0 Å². The fourth-order valence-electron chi connectivity index (χ4n) is 1.36. The molecule has 1 amide bonds. The van der Waals surface area contributed by atoms with Gasteiger partial charge in [-0.25, -0.2) is 0 Å². The van der Waals surface area contributed by atoms with Gasteiger partial charge in [-0.3, -0.25) is 8.98 Å². The Bertz CT molecular complexity index is 520. The van der Waals surface area contributed by atoms with Crippen molar-refractivity contribution in [1.82, 2.24) is 4.90 Å². The molecule has 1 aromatic rings. The van der Waals surface area contributed by atoms with Crippen molar-refractivity contribution in [2.45, 2.75) is 24.8 Å². The molecule has 1 aromatic carbocycles. The number of hydrogen-bond donors (Lipinski definition) is 0. The zero-order chi connectivity index (χ0) is 13.9. The fraction of sp³-hybridized carbons (Fsp3) is 0.417. The van der Waals surface area contributed by atoms with E-state index >= 15 is 0 Å². The highest BCUT2D eigenvalue weighted by atomic mass is 32.2. The van der Waals surface area contributed by atoms with Gasteiger partial charge in [0.25, 0.3) is 16.0 Å². The molecule has 6 heteroatoms. The second kappa shape index (κ2) is 5.49. The van der Waals surface area contributed by atoms with E-state index in [-0.39, 0.29) is 4.90 Å². The number of carbonyl (C=O) groups excluding carboxylic acids is 1. The standard InChI is InChI=1S/C12H17NO4S/c1-9-5-7-11(8-6-9)18(15,16)17-10(2)12(14)13(3)4/h5-8,10H,1-4H3/t10-/m1/s1. The van der Waals surface area contributed by atoms with Gasteiger partial charge in [-0.05, 0) is 26.0 Å². The molecule has 0 heterocycles. The van der Waals surface area contributed by atoms with Gasteiger partial charge in [0.05, 0.1) is 4.90 Å². The number of rotatable bonds is 4. The third-order valence-corrected chi connectivity index (χ3v) is 3.76. The Morgan fingerprint density at radius 3 is 2.17 bits per heavy atom. The molecule has 1 rings (SSSR count). The van der Waals surface area contributed by atoms with Crippen LogP contribution in [0.5, 0.6) is 0 Å². The SMILES string of the molecule is Cc1ccc(S(=O)(=O)O[C@H](C)C(=O)N(C)C)cc1. The largest absolute Gasteiger partial charge is 0.347 e. The van der Waals surface area contributed by atoms with Gasteiger partial charge >= 0.3 is 0 Å². The maximum atomic E-state index is 11.9. The van der Waals surface area contributed by atoms with Crippen LogP contribution in [-0.4, -0.2) is 39.4 Å². The summed E-state index contributed by atoms with van der Waals surface area (Å²) in [7, 11) is -0.818. The van der Waals surface area contributed by atoms with Gasteiger partial charge in [0.15, 0.2) is 6.10 Å². The van der Waals surface area contributed by atoms with Gasteiger partial charge in [0.2, 0.25) is 0 Å². The number of benzene rings is 1. The first-order valence-corrected chi connectivity index (χ1v) is 6.86. The van der Waals surface area contributed by atoms with Crippen molar-refractivity contribution in [3.63, 3.8) is 0 Å². The Balaban J connectivity index is 2.89. The summed E-state index contributed by atoms with van der Waals surface area (Å²) in [4.78, 5) is 12.9. The topological polar surface area (TPSA) is 63.7 Å². The second-order valence-corrected chi connectivity index (χ2v) is 5.81. The molecule has 0 aliphatic heterocycles. The van der Waals surface area contributed by atoms with Crippen molar-refractivity contribution in [2.24, 2.45) is 0 Å². The first-order valence-electron chi connectivity index (χ1n) is 5.45. The molecule has 1 atom stereocenters. The minimum atomic E-state index is -3.90. The Morgan fingerprint density at radius 2 is 1.72 bits per heavy atom. The quantitative estimate of drug-likeness (QED) is 0.771. The second-order valence-electron chi connectivity index (χ2n) is 4.24. The molecule has 0 saturated carbocycles. The van der Waals surface area contributed by atoms with Crippen LogP contribution in [0, 0.1) is 6.92 Å². The smallest absolute Gasteiger partial charge is 0.297 e. The van der Waals surface area contributed by atoms with Crippen LogP contribution in [0.25, 0.3) is 0 Å². The maximum absolute atomic E-state index is 11.9. The molecule has 0 saturated heterocycles. The van der Waals surface area contributed by atoms with E-state index in [2.05, 4.69) is 0 Å². The molecule has 0 aromatic heterocycles. The van der Waals surface area contributed by atoms with Gasteiger partial charge < -0.3 is 4.90 Å². The summed E-state index contributed by atoms with van der Waals surface area (Å²) in [6.45, 7) is 3.27. The molecular weight excluding hydrogens is 254 g/mol. The zero-order valence-corrected chi connectivity index (χ0v) is 11.7. The van der Waals surface area contributed by atoms with Crippen LogP contribution in [0.4, 0.5) is 0 Å². The maximum Gasteiger partial charge on any atom is 0.297 e. The summed E-state index contributed by atoms with van der Waals surface area (Å²) in [6.07, 6.45) is -1.04. The monoisotopic (exact) mass is 271 g/mol. The number of carbonyl (C=O) groups is 1. The first kappa shape index (κ1) is 14.7. The van der Waals surface area contributed by atoms with E-state index in [4.69, 9.17) is 4.18 Å². The highest BCUT2D eigenvalue weighted by Crippen LogP contribution is 2.15. The molecule has 0 N–H and O–H groups in total. The number of amides is 1. The highest BCUT2D eigenvalue weighted by Gasteiger charge is 2.24. The molecule has 0 bridgehead atoms. The highest BCUT2D eigenvalue weighted by molar-refractivity contribution is 7.86. The molecule has 0 aliphatic carbocycles. The summed E-state index contributed by atoms with van der Waals surface area (Å²) >= 11 is 0. The van der Waals surface area contributed by atoms with Crippen molar-refractivity contribution in [1.29, 1.82) is 0 Å². The van der Waals surface area contributed by atoms with Crippen molar-refractivity contribution >= 4 is 16.0 Å². The summed E-state index contributed by atoms with van der Waals surface area (Å²) in [5.74, 6) is -0.398. The average Bonchev–Trinajstić information content (AvgIpc) is 2.27.